The summed E-state index contributed by atoms with van der Waals surface area (Å²) in [6.45, 7) is 5.06. The number of methoxy groups -OCH3 is 1. The van der Waals surface area contributed by atoms with Gasteiger partial charge in [-0.25, -0.2) is 13.4 Å². The van der Waals surface area contributed by atoms with Crippen molar-refractivity contribution < 1.29 is 13.2 Å². The average Bonchev–Trinajstić information content (AvgIpc) is 3.17. The number of aromatic nitrogens is 2. The van der Waals surface area contributed by atoms with E-state index in [4.69, 9.17) is 4.74 Å². The number of sulfonamides is 1. The number of ether oxygens (including phenoxy) is 1. The van der Waals surface area contributed by atoms with Gasteiger partial charge in [-0.2, -0.15) is 4.31 Å². The van der Waals surface area contributed by atoms with Crippen LogP contribution in [0.2, 0.25) is 0 Å². The van der Waals surface area contributed by atoms with Crippen LogP contribution in [0.15, 0.2) is 53.7 Å². The van der Waals surface area contributed by atoms with Crippen LogP contribution in [0.3, 0.4) is 0 Å². The molecule has 0 amide bonds. The van der Waals surface area contributed by atoms with Gasteiger partial charge in [-0.05, 0) is 30.7 Å². The summed E-state index contributed by atoms with van der Waals surface area (Å²) in [7, 11) is -1.94. The number of benzene rings is 1. The highest BCUT2D eigenvalue weighted by molar-refractivity contribution is 7.89. The minimum absolute atomic E-state index is 0.358. The molecule has 160 valence electrons. The Balaban J connectivity index is 1.56. The van der Waals surface area contributed by atoms with Crippen molar-refractivity contribution in [1.29, 1.82) is 0 Å². The van der Waals surface area contributed by atoms with Crippen molar-refractivity contribution in [3.05, 3.63) is 48.8 Å². The summed E-state index contributed by atoms with van der Waals surface area (Å²) in [5.41, 5.74) is 1.78. The number of pyridine rings is 1. The Bertz CT molecular complexity index is 1120. The molecule has 2 aromatic heterocycles. The maximum atomic E-state index is 13.5. The van der Waals surface area contributed by atoms with Gasteiger partial charge < -0.3 is 14.2 Å². The first-order valence-electron chi connectivity index (χ1n) is 10.4. The molecule has 1 aromatic carbocycles. The van der Waals surface area contributed by atoms with Gasteiger partial charge in [0.05, 0.1) is 7.11 Å². The van der Waals surface area contributed by atoms with Gasteiger partial charge in [0.25, 0.3) is 0 Å². The van der Waals surface area contributed by atoms with E-state index in [1.165, 1.54) is 0 Å². The molecule has 1 saturated heterocycles. The molecular formula is C22H28N4O3S. The van der Waals surface area contributed by atoms with Gasteiger partial charge in [-0.15, -0.1) is 0 Å². The van der Waals surface area contributed by atoms with E-state index in [0.717, 1.165) is 36.5 Å². The minimum atomic E-state index is -3.59. The monoisotopic (exact) mass is 428 g/mol. The van der Waals surface area contributed by atoms with Crippen LogP contribution in [0.1, 0.15) is 19.8 Å². The Morgan fingerprint density at radius 3 is 2.63 bits per heavy atom. The lowest BCUT2D eigenvalue weighted by Crippen LogP contribution is -2.48. The molecule has 0 unspecified atom stereocenters. The first-order chi connectivity index (χ1) is 14.5. The predicted octanol–water partition coefficient (Wildman–Crippen LogP) is 3.36. The molecule has 30 heavy (non-hydrogen) atoms. The lowest BCUT2D eigenvalue weighted by Gasteiger charge is -2.35. The van der Waals surface area contributed by atoms with Crippen LogP contribution < -0.4 is 9.64 Å². The smallest absolute Gasteiger partial charge is 0.245 e. The van der Waals surface area contributed by atoms with E-state index >= 15 is 0 Å². The van der Waals surface area contributed by atoms with E-state index in [9.17, 15) is 8.42 Å². The molecule has 0 N–H and O–H groups in total. The van der Waals surface area contributed by atoms with Crippen molar-refractivity contribution in [1.82, 2.24) is 13.9 Å². The highest BCUT2D eigenvalue weighted by Crippen LogP contribution is 2.29. The summed E-state index contributed by atoms with van der Waals surface area (Å²) in [6.07, 6.45) is 5.51. The first kappa shape index (κ1) is 20.7. The largest absolute Gasteiger partial charge is 0.497 e. The molecule has 4 rings (SSSR count). The Kier molecular flexibility index (Phi) is 5.97. The van der Waals surface area contributed by atoms with Gasteiger partial charge in [0.2, 0.25) is 10.0 Å². The Morgan fingerprint density at radius 2 is 1.90 bits per heavy atom. The maximum Gasteiger partial charge on any atom is 0.245 e. The predicted molar refractivity (Wildman–Crippen MR) is 119 cm³/mol. The fourth-order valence-electron chi connectivity index (χ4n) is 3.93. The quantitative estimate of drug-likeness (QED) is 0.577. The first-order valence-corrected chi connectivity index (χ1v) is 11.8. The van der Waals surface area contributed by atoms with Gasteiger partial charge in [0, 0.05) is 62.3 Å². The van der Waals surface area contributed by atoms with Gasteiger partial charge in [-0.3, -0.25) is 0 Å². The molecule has 0 bridgehead atoms. The van der Waals surface area contributed by atoms with Crippen LogP contribution in [0.25, 0.3) is 11.0 Å². The second-order valence-corrected chi connectivity index (χ2v) is 9.41. The summed E-state index contributed by atoms with van der Waals surface area (Å²) in [5, 5.41) is 0.698. The molecule has 1 fully saturated rings. The van der Waals surface area contributed by atoms with E-state index < -0.39 is 10.0 Å². The molecule has 0 radical (unpaired) electrons. The van der Waals surface area contributed by atoms with Gasteiger partial charge in [0.15, 0.2) is 0 Å². The summed E-state index contributed by atoms with van der Waals surface area (Å²) >= 11 is 0. The second-order valence-electron chi connectivity index (χ2n) is 7.51. The van der Waals surface area contributed by atoms with E-state index in [-0.39, 0.29) is 0 Å². The summed E-state index contributed by atoms with van der Waals surface area (Å²) in [6, 6.07) is 11.5. The Labute approximate surface area is 177 Å². The lowest BCUT2D eigenvalue weighted by molar-refractivity contribution is 0.384. The standard InChI is InChI=1S/C22H28N4O3S/c1-3-4-11-25-17-21(20-9-6-10-23-22(20)25)30(27,28)26-14-12-24(13-15-26)18-7-5-8-19(16-18)29-2/h5-10,16-17H,3-4,11-15H2,1-2H3. The maximum absolute atomic E-state index is 13.5. The Hall–Kier alpha value is -2.58. The molecule has 1 aliphatic rings. The molecule has 0 aliphatic carbocycles. The fourth-order valence-corrected chi connectivity index (χ4v) is 5.55. The zero-order chi connectivity index (χ0) is 21.1. The zero-order valence-electron chi connectivity index (χ0n) is 17.5. The second kappa shape index (κ2) is 8.65. The number of hydrogen-bond acceptors (Lipinski definition) is 5. The van der Waals surface area contributed by atoms with Gasteiger partial charge >= 0.3 is 0 Å². The highest BCUT2D eigenvalue weighted by atomic mass is 32.2. The van der Waals surface area contributed by atoms with Crippen molar-refractivity contribution in [2.45, 2.75) is 31.2 Å². The zero-order valence-corrected chi connectivity index (χ0v) is 18.3. The highest BCUT2D eigenvalue weighted by Gasteiger charge is 2.31. The minimum Gasteiger partial charge on any atom is -0.497 e. The third-order valence-corrected chi connectivity index (χ3v) is 7.55. The summed E-state index contributed by atoms with van der Waals surface area (Å²) < 4.78 is 35.8. The third kappa shape index (κ3) is 3.89. The number of hydrogen-bond donors (Lipinski definition) is 0. The van der Waals surface area contributed by atoms with Gasteiger partial charge in [0.1, 0.15) is 16.3 Å². The number of fused-ring (bicyclic) bond motifs is 1. The number of piperazine rings is 1. The van der Waals surface area contributed by atoms with Crippen LogP contribution in [0, 0.1) is 0 Å². The molecule has 3 heterocycles. The molecule has 8 heteroatoms. The molecular weight excluding hydrogens is 400 g/mol. The van der Waals surface area contributed by atoms with Crippen molar-refractivity contribution >= 4 is 26.7 Å². The van der Waals surface area contributed by atoms with Crippen molar-refractivity contribution in [2.24, 2.45) is 0 Å². The molecule has 3 aromatic rings. The lowest BCUT2D eigenvalue weighted by atomic mass is 10.2. The summed E-state index contributed by atoms with van der Waals surface area (Å²) in [4.78, 5) is 6.99. The van der Waals surface area contributed by atoms with Crippen molar-refractivity contribution in [2.75, 3.05) is 38.2 Å². The van der Waals surface area contributed by atoms with Crippen LogP contribution in [0.5, 0.6) is 5.75 Å². The number of aryl methyl sites for hydroxylation is 1. The molecule has 0 atom stereocenters. The Morgan fingerprint density at radius 1 is 1.10 bits per heavy atom. The number of rotatable bonds is 7. The molecule has 0 spiro atoms. The fraction of sp³-hybridized carbons (Fsp3) is 0.409. The SMILES string of the molecule is CCCCn1cc(S(=O)(=O)N2CCN(c3cccc(OC)c3)CC2)c2cccnc21. The number of anilines is 1. The number of unbranched alkanes of at least 4 members (excludes halogenated alkanes) is 1. The molecule has 1 aliphatic heterocycles. The van der Waals surface area contributed by atoms with E-state index in [1.54, 1.807) is 29.9 Å². The summed E-state index contributed by atoms with van der Waals surface area (Å²) in [5.74, 6) is 0.801. The van der Waals surface area contributed by atoms with Crippen LogP contribution >= 0.6 is 0 Å². The average molecular weight is 429 g/mol. The van der Waals surface area contributed by atoms with E-state index in [1.807, 2.05) is 34.9 Å². The van der Waals surface area contributed by atoms with E-state index in [0.29, 0.717) is 36.5 Å². The van der Waals surface area contributed by atoms with Crippen LogP contribution in [0.4, 0.5) is 5.69 Å². The topological polar surface area (TPSA) is 67.7 Å². The van der Waals surface area contributed by atoms with Crippen molar-refractivity contribution in [3.63, 3.8) is 0 Å². The third-order valence-electron chi connectivity index (χ3n) is 5.62. The molecule has 0 saturated carbocycles. The molecule has 7 nitrogen and oxygen atoms in total. The van der Waals surface area contributed by atoms with Crippen LogP contribution in [-0.4, -0.2) is 55.6 Å². The normalized spacial score (nSPS) is 15.6. The van der Waals surface area contributed by atoms with E-state index in [2.05, 4.69) is 16.8 Å². The van der Waals surface area contributed by atoms with Crippen molar-refractivity contribution in [3.8, 4) is 5.75 Å². The number of nitrogens with zero attached hydrogens (tertiary/aromatic N) is 4. The van der Waals surface area contributed by atoms with Crippen LogP contribution in [-0.2, 0) is 16.6 Å². The van der Waals surface area contributed by atoms with Gasteiger partial charge in [-0.1, -0.05) is 19.4 Å².